The van der Waals surface area contributed by atoms with Crippen LogP contribution in [0, 0.1) is 0 Å². The number of hydrogen-bond acceptors (Lipinski definition) is 4. The molecule has 0 aliphatic carbocycles. The molecule has 0 aliphatic heterocycles. The van der Waals surface area contributed by atoms with E-state index in [0.29, 0.717) is 25.9 Å². The van der Waals surface area contributed by atoms with E-state index in [0.717, 1.165) is 11.5 Å². The molecule has 0 radical (unpaired) electrons. The third kappa shape index (κ3) is 3.47. The number of rotatable bonds is 7. The summed E-state index contributed by atoms with van der Waals surface area (Å²) in [6.07, 6.45) is 6.38. The normalized spacial score (nSPS) is 11.9. The molecule has 0 unspecified atom stereocenters. The van der Waals surface area contributed by atoms with E-state index in [-0.39, 0.29) is 4.90 Å². The number of aromatic nitrogens is 3. The number of aromatic amines is 1. The average molecular weight is 297 g/mol. The Hall–Kier alpha value is -1.64. The molecule has 20 heavy (non-hydrogen) atoms. The first-order valence-electron chi connectivity index (χ1n) is 6.36. The van der Waals surface area contributed by atoms with Crippen molar-refractivity contribution < 1.29 is 8.42 Å². The minimum Gasteiger partial charge on any atom is -0.352 e. The smallest absolute Gasteiger partial charge is 0.242 e. The highest BCUT2D eigenvalue weighted by atomic mass is 32.2. The van der Waals surface area contributed by atoms with Crippen LogP contribution in [-0.2, 0) is 30.0 Å². The van der Waals surface area contributed by atoms with Gasteiger partial charge in [0.1, 0.15) is 5.82 Å². The molecule has 110 valence electrons. The molecule has 2 rings (SSSR count). The van der Waals surface area contributed by atoms with Crippen LogP contribution in [0.25, 0.3) is 0 Å². The van der Waals surface area contributed by atoms with Crippen LogP contribution in [0.1, 0.15) is 17.9 Å². The van der Waals surface area contributed by atoms with Crippen LogP contribution in [0.3, 0.4) is 0 Å². The Bertz CT molecular complexity index is 645. The number of nitrogens with zero attached hydrogens (tertiary/aromatic N) is 2. The molecule has 0 fully saturated rings. The van der Waals surface area contributed by atoms with Crippen molar-refractivity contribution >= 4 is 10.0 Å². The van der Waals surface area contributed by atoms with Gasteiger partial charge in [-0.25, -0.2) is 18.1 Å². The van der Waals surface area contributed by atoms with Gasteiger partial charge in [-0.05, 0) is 12.5 Å². The van der Waals surface area contributed by atoms with E-state index in [9.17, 15) is 8.42 Å². The molecule has 2 aromatic rings. The second kappa shape index (κ2) is 6.21. The van der Waals surface area contributed by atoms with E-state index < -0.39 is 10.0 Å². The largest absolute Gasteiger partial charge is 0.352 e. The molecular formula is C12H19N5O2S. The summed E-state index contributed by atoms with van der Waals surface area (Å²) in [6, 6.07) is 1.59. The van der Waals surface area contributed by atoms with Crippen molar-refractivity contribution in [1.29, 1.82) is 0 Å². The van der Waals surface area contributed by atoms with Crippen molar-refractivity contribution in [3.8, 4) is 0 Å². The Morgan fingerprint density at radius 2 is 2.30 bits per heavy atom. The molecule has 2 heterocycles. The number of H-pyrrole nitrogens is 1. The standard InChI is InChI=1S/C12H19N5O2S/c1-17-9-11(7-10(17)8-13)20(18,19)16-4-2-3-12-14-5-6-15-12/h5-7,9,16H,2-4,8,13H2,1H3,(H,14,15). The van der Waals surface area contributed by atoms with E-state index in [1.54, 1.807) is 36.3 Å². The Labute approximate surface area is 118 Å². The quantitative estimate of drug-likeness (QED) is 0.631. The van der Waals surface area contributed by atoms with Crippen molar-refractivity contribution in [2.45, 2.75) is 24.3 Å². The SMILES string of the molecule is Cn1cc(S(=O)(=O)NCCCc2ncc[nH]2)cc1CN. The Balaban J connectivity index is 1.90. The fourth-order valence-corrected chi connectivity index (χ4v) is 3.08. The molecule has 0 aliphatic rings. The van der Waals surface area contributed by atoms with Gasteiger partial charge in [0.2, 0.25) is 10.0 Å². The van der Waals surface area contributed by atoms with Gasteiger partial charge in [-0.3, -0.25) is 0 Å². The third-order valence-electron chi connectivity index (χ3n) is 3.04. The number of imidazole rings is 1. The summed E-state index contributed by atoms with van der Waals surface area (Å²) in [4.78, 5) is 7.31. The number of aryl methyl sites for hydroxylation is 2. The summed E-state index contributed by atoms with van der Waals surface area (Å²) in [7, 11) is -1.69. The fourth-order valence-electron chi connectivity index (χ4n) is 1.91. The molecule has 0 aromatic carbocycles. The molecule has 0 amide bonds. The summed E-state index contributed by atoms with van der Waals surface area (Å²) < 4.78 is 28.5. The molecule has 0 atom stereocenters. The second-order valence-electron chi connectivity index (χ2n) is 4.52. The summed E-state index contributed by atoms with van der Waals surface area (Å²) in [6.45, 7) is 0.681. The van der Waals surface area contributed by atoms with Gasteiger partial charge < -0.3 is 15.3 Å². The molecule has 0 bridgehead atoms. The van der Waals surface area contributed by atoms with E-state index in [1.807, 2.05) is 0 Å². The van der Waals surface area contributed by atoms with Crippen LogP contribution >= 0.6 is 0 Å². The monoisotopic (exact) mass is 297 g/mol. The van der Waals surface area contributed by atoms with Crippen LogP contribution in [0.15, 0.2) is 29.6 Å². The van der Waals surface area contributed by atoms with Crippen molar-refractivity contribution in [2.24, 2.45) is 12.8 Å². The Kier molecular flexibility index (Phi) is 4.58. The molecule has 7 nitrogen and oxygen atoms in total. The number of nitrogens with one attached hydrogen (secondary N) is 2. The van der Waals surface area contributed by atoms with Crippen LogP contribution < -0.4 is 10.5 Å². The van der Waals surface area contributed by atoms with Crippen molar-refractivity contribution in [3.63, 3.8) is 0 Å². The molecule has 4 N–H and O–H groups in total. The van der Waals surface area contributed by atoms with Crippen molar-refractivity contribution in [1.82, 2.24) is 19.3 Å². The maximum atomic E-state index is 12.1. The Morgan fingerprint density at radius 1 is 1.50 bits per heavy atom. The number of hydrogen-bond donors (Lipinski definition) is 3. The van der Waals surface area contributed by atoms with E-state index in [2.05, 4.69) is 14.7 Å². The zero-order valence-electron chi connectivity index (χ0n) is 11.3. The summed E-state index contributed by atoms with van der Waals surface area (Å²) >= 11 is 0. The van der Waals surface area contributed by atoms with Crippen LogP contribution in [0.4, 0.5) is 0 Å². The predicted octanol–water partition coefficient (Wildman–Crippen LogP) is 0.118. The minimum atomic E-state index is -3.47. The minimum absolute atomic E-state index is 0.249. The predicted molar refractivity (Wildman–Crippen MR) is 75.4 cm³/mol. The van der Waals surface area contributed by atoms with Crippen LogP contribution in [0.2, 0.25) is 0 Å². The maximum Gasteiger partial charge on any atom is 0.242 e. The van der Waals surface area contributed by atoms with Gasteiger partial charge >= 0.3 is 0 Å². The lowest BCUT2D eigenvalue weighted by Gasteiger charge is -2.04. The second-order valence-corrected chi connectivity index (χ2v) is 6.29. The molecule has 0 spiro atoms. The van der Waals surface area contributed by atoms with E-state index in [4.69, 9.17) is 5.73 Å². The summed E-state index contributed by atoms with van der Waals surface area (Å²) in [5.74, 6) is 0.856. The van der Waals surface area contributed by atoms with Crippen LogP contribution in [-0.4, -0.2) is 29.5 Å². The van der Waals surface area contributed by atoms with Gasteiger partial charge in [-0.1, -0.05) is 0 Å². The highest BCUT2D eigenvalue weighted by Gasteiger charge is 2.16. The van der Waals surface area contributed by atoms with E-state index in [1.165, 1.54) is 0 Å². The zero-order valence-corrected chi connectivity index (χ0v) is 12.2. The fraction of sp³-hybridized carbons (Fsp3) is 0.417. The topological polar surface area (TPSA) is 106 Å². The summed E-state index contributed by atoms with van der Waals surface area (Å²) in [5, 5.41) is 0. The zero-order chi connectivity index (χ0) is 14.6. The molecule has 8 heteroatoms. The van der Waals surface area contributed by atoms with Gasteiger partial charge in [0, 0.05) is 50.8 Å². The van der Waals surface area contributed by atoms with Crippen molar-refractivity contribution in [3.05, 3.63) is 36.2 Å². The van der Waals surface area contributed by atoms with Gasteiger partial charge in [0.25, 0.3) is 0 Å². The van der Waals surface area contributed by atoms with Gasteiger partial charge in [0.15, 0.2) is 0 Å². The van der Waals surface area contributed by atoms with Gasteiger partial charge in [0.05, 0.1) is 4.90 Å². The molecule has 0 saturated carbocycles. The molecule has 2 aromatic heterocycles. The first kappa shape index (κ1) is 14.8. The van der Waals surface area contributed by atoms with Gasteiger partial charge in [-0.2, -0.15) is 0 Å². The Morgan fingerprint density at radius 3 is 2.90 bits per heavy atom. The lowest BCUT2D eigenvalue weighted by Crippen LogP contribution is -2.24. The first-order chi connectivity index (χ1) is 9.53. The first-order valence-corrected chi connectivity index (χ1v) is 7.84. The van der Waals surface area contributed by atoms with Crippen molar-refractivity contribution in [2.75, 3.05) is 6.54 Å². The molecule has 0 saturated heterocycles. The van der Waals surface area contributed by atoms with E-state index >= 15 is 0 Å². The highest BCUT2D eigenvalue weighted by Crippen LogP contribution is 2.12. The lowest BCUT2D eigenvalue weighted by molar-refractivity contribution is 0.578. The molecular weight excluding hydrogens is 278 g/mol. The van der Waals surface area contributed by atoms with Gasteiger partial charge in [-0.15, -0.1) is 0 Å². The number of sulfonamides is 1. The maximum absolute atomic E-state index is 12.1. The highest BCUT2D eigenvalue weighted by molar-refractivity contribution is 7.89. The summed E-state index contributed by atoms with van der Waals surface area (Å²) in [5.41, 5.74) is 6.32. The number of nitrogens with two attached hydrogens (primary N) is 1. The third-order valence-corrected chi connectivity index (χ3v) is 4.47. The average Bonchev–Trinajstić information content (AvgIpc) is 3.04. The van der Waals surface area contributed by atoms with Crippen LogP contribution in [0.5, 0.6) is 0 Å². The lowest BCUT2D eigenvalue weighted by atomic mass is 10.3.